The molecule has 0 saturated heterocycles. The number of rotatable bonds is 16. The molecule has 0 radical (unpaired) electrons. The molecular formula is C19H37NO. The Labute approximate surface area is 132 Å². The molecule has 0 aromatic carbocycles. The summed E-state index contributed by atoms with van der Waals surface area (Å²) in [5.74, 6) is 0. The zero-order valence-electron chi connectivity index (χ0n) is 14.3. The predicted molar refractivity (Wildman–Crippen MR) is 94.5 cm³/mol. The van der Waals surface area contributed by atoms with Crippen molar-refractivity contribution < 1.29 is 5.16 Å². The van der Waals surface area contributed by atoms with E-state index < -0.39 is 0 Å². The molecule has 1 N–H and O–H groups in total. The van der Waals surface area contributed by atoms with Crippen LogP contribution in [0.15, 0.2) is 12.7 Å². The van der Waals surface area contributed by atoms with Crippen LogP contribution >= 0.6 is 0 Å². The summed E-state index contributed by atoms with van der Waals surface area (Å²) in [6.07, 6.45) is 21.2. The summed E-state index contributed by atoms with van der Waals surface area (Å²) in [5, 5.41) is 12.7. The molecule has 0 aliphatic heterocycles. The van der Waals surface area contributed by atoms with E-state index in [1.54, 1.807) is 6.08 Å². The van der Waals surface area contributed by atoms with E-state index in [-0.39, 0.29) is 0 Å². The maximum atomic E-state index is 10.6. The van der Waals surface area contributed by atoms with Crippen molar-refractivity contribution in [2.24, 2.45) is 0 Å². The quantitative estimate of drug-likeness (QED) is 0.139. The molecule has 0 rings (SSSR count). The maximum Gasteiger partial charge on any atom is 0.165 e. The molecule has 0 aliphatic rings. The zero-order valence-corrected chi connectivity index (χ0v) is 14.3. The molecular weight excluding hydrogens is 258 g/mol. The molecule has 0 bridgehead atoms. The van der Waals surface area contributed by atoms with Crippen molar-refractivity contribution >= 4 is 5.71 Å². The first-order chi connectivity index (χ1) is 10.3. The Bertz CT molecular complexity index is 248. The Hall–Kier alpha value is -0.790. The highest BCUT2D eigenvalue weighted by Gasteiger charge is 2.01. The molecule has 0 fully saturated rings. The van der Waals surface area contributed by atoms with E-state index in [1.807, 2.05) is 5.16 Å². The van der Waals surface area contributed by atoms with Crippen molar-refractivity contribution in [1.29, 1.82) is 0 Å². The van der Waals surface area contributed by atoms with Crippen LogP contribution in [-0.2, 0) is 0 Å². The first kappa shape index (κ1) is 20.2. The van der Waals surface area contributed by atoms with Gasteiger partial charge in [-0.15, -0.1) is 6.58 Å². The molecule has 0 spiro atoms. The summed E-state index contributed by atoms with van der Waals surface area (Å²) < 4.78 is 0. The third kappa shape index (κ3) is 15.4. The van der Waals surface area contributed by atoms with E-state index in [1.165, 1.54) is 77.0 Å². The molecule has 21 heavy (non-hydrogen) atoms. The normalized spacial score (nSPS) is 11.8. The number of allylic oxidation sites excluding steroid dienone is 1. The molecule has 0 aromatic rings. The van der Waals surface area contributed by atoms with E-state index in [4.69, 9.17) is 0 Å². The summed E-state index contributed by atoms with van der Waals surface area (Å²) in [6.45, 7) is 5.94. The van der Waals surface area contributed by atoms with Crippen LogP contribution in [0.3, 0.4) is 0 Å². The largest absolute Gasteiger partial charge is 0.625 e. The van der Waals surface area contributed by atoms with E-state index in [0.29, 0.717) is 6.42 Å². The summed E-state index contributed by atoms with van der Waals surface area (Å²) in [7, 11) is 0. The number of hydrogen-bond donors (Lipinski definition) is 1. The SMILES string of the molecule is C=CCC(CCCCCCCCCCCCCCC)=[NH+][O-]. The van der Waals surface area contributed by atoms with E-state index in [2.05, 4.69) is 13.5 Å². The summed E-state index contributed by atoms with van der Waals surface area (Å²) >= 11 is 0. The van der Waals surface area contributed by atoms with Crippen molar-refractivity contribution in [1.82, 2.24) is 0 Å². The molecule has 0 amide bonds. The lowest BCUT2D eigenvalue weighted by atomic mass is 10.0. The fraction of sp³-hybridized carbons (Fsp3) is 0.842. The Morgan fingerprint density at radius 3 is 1.62 bits per heavy atom. The maximum absolute atomic E-state index is 10.6. The zero-order chi connectivity index (χ0) is 15.6. The average molecular weight is 296 g/mol. The third-order valence-corrected chi connectivity index (χ3v) is 4.12. The standard InChI is InChI=1S/C19H37NO/c1-3-5-6-7-8-9-10-11-12-13-14-15-16-18-19(20-21)17-4-2/h4,20H,2-3,5-18H2,1H3. The van der Waals surface area contributed by atoms with Gasteiger partial charge in [0.05, 0.1) is 0 Å². The van der Waals surface area contributed by atoms with Gasteiger partial charge in [0.15, 0.2) is 5.71 Å². The van der Waals surface area contributed by atoms with Gasteiger partial charge in [0.1, 0.15) is 0 Å². The van der Waals surface area contributed by atoms with Gasteiger partial charge in [0.25, 0.3) is 0 Å². The lowest BCUT2D eigenvalue weighted by Crippen LogP contribution is -2.65. The minimum atomic E-state index is 0.710. The highest BCUT2D eigenvalue weighted by atomic mass is 16.4. The second-order valence-electron chi connectivity index (χ2n) is 6.19. The Balaban J connectivity index is 3.13. The minimum absolute atomic E-state index is 0.710. The monoisotopic (exact) mass is 295 g/mol. The molecule has 2 heteroatoms. The van der Waals surface area contributed by atoms with Gasteiger partial charge in [-0.3, -0.25) is 0 Å². The van der Waals surface area contributed by atoms with Gasteiger partial charge in [-0.05, 0) is 6.42 Å². The highest BCUT2D eigenvalue weighted by Crippen LogP contribution is 2.13. The fourth-order valence-electron chi connectivity index (χ4n) is 2.73. The van der Waals surface area contributed by atoms with Crippen molar-refractivity contribution in [3.8, 4) is 0 Å². The third-order valence-electron chi connectivity index (χ3n) is 4.12. The van der Waals surface area contributed by atoms with Crippen molar-refractivity contribution in [2.75, 3.05) is 0 Å². The van der Waals surface area contributed by atoms with Crippen LogP contribution in [0.1, 0.15) is 103 Å². The molecule has 0 saturated carbocycles. The predicted octanol–water partition coefficient (Wildman–Crippen LogP) is 5.06. The Kier molecular flexibility index (Phi) is 16.6. The Morgan fingerprint density at radius 1 is 0.810 bits per heavy atom. The van der Waals surface area contributed by atoms with Gasteiger partial charge < -0.3 is 5.21 Å². The second-order valence-corrected chi connectivity index (χ2v) is 6.19. The first-order valence-electron chi connectivity index (χ1n) is 9.18. The second kappa shape index (κ2) is 17.3. The lowest BCUT2D eigenvalue weighted by molar-refractivity contribution is -0.376. The summed E-state index contributed by atoms with van der Waals surface area (Å²) in [6, 6.07) is 0. The number of nitrogens with one attached hydrogen (secondary N) is 1. The number of hydrogen-bond acceptors (Lipinski definition) is 1. The molecule has 0 unspecified atom stereocenters. The Morgan fingerprint density at radius 2 is 1.24 bits per heavy atom. The van der Waals surface area contributed by atoms with Crippen LogP contribution in [0.4, 0.5) is 0 Å². The average Bonchev–Trinajstić information content (AvgIpc) is 2.50. The molecule has 124 valence electrons. The van der Waals surface area contributed by atoms with Crippen LogP contribution in [0.5, 0.6) is 0 Å². The van der Waals surface area contributed by atoms with Gasteiger partial charge in [0.2, 0.25) is 0 Å². The molecule has 0 aromatic heterocycles. The van der Waals surface area contributed by atoms with Crippen LogP contribution in [0.25, 0.3) is 0 Å². The topological polar surface area (TPSA) is 37.0 Å². The minimum Gasteiger partial charge on any atom is -0.625 e. The lowest BCUT2D eigenvalue weighted by Gasteiger charge is -2.03. The smallest absolute Gasteiger partial charge is 0.165 e. The summed E-state index contributed by atoms with van der Waals surface area (Å²) in [4.78, 5) is 0. The molecule has 0 atom stereocenters. The van der Waals surface area contributed by atoms with E-state index in [0.717, 1.165) is 18.6 Å². The van der Waals surface area contributed by atoms with Gasteiger partial charge in [-0.25, -0.2) is 5.16 Å². The molecule has 2 nitrogen and oxygen atoms in total. The van der Waals surface area contributed by atoms with Crippen LogP contribution < -0.4 is 5.16 Å². The highest BCUT2D eigenvalue weighted by molar-refractivity contribution is 5.80. The fourth-order valence-corrected chi connectivity index (χ4v) is 2.73. The van der Waals surface area contributed by atoms with Gasteiger partial charge in [0, 0.05) is 12.8 Å². The molecule has 0 aliphatic carbocycles. The van der Waals surface area contributed by atoms with Crippen molar-refractivity contribution in [3.05, 3.63) is 17.9 Å². The van der Waals surface area contributed by atoms with Gasteiger partial charge in [-0.1, -0.05) is 90.0 Å². The first-order valence-corrected chi connectivity index (χ1v) is 9.18. The van der Waals surface area contributed by atoms with Gasteiger partial charge >= 0.3 is 0 Å². The molecule has 0 heterocycles. The number of unbranched alkanes of at least 4 members (excludes halogenated alkanes) is 12. The van der Waals surface area contributed by atoms with Crippen molar-refractivity contribution in [2.45, 2.75) is 103 Å². The van der Waals surface area contributed by atoms with Crippen LogP contribution in [-0.4, -0.2) is 5.71 Å². The van der Waals surface area contributed by atoms with Crippen LogP contribution in [0, 0.1) is 5.21 Å². The summed E-state index contributed by atoms with van der Waals surface area (Å²) in [5.41, 5.74) is 0.882. The van der Waals surface area contributed by atoms with Crippen LogP contribution in [0.2, 0.25) is 0 Å². The van der Waals surface area contributed by atoms with E-state index >= 15 is 0 Å². The van der Waals surface area contributed by atoms with Crippen molar-refractivity contribution in [3.63, 3.8) is 0 Å². The van der Waals surface area contributed by atoms with E-state index in [9.17, 15) is 5.21 Å². The van der Waals surface area contributed by atoms with Gasteiger partial charge in [-0.2, -0.15) is 0 Å².